The molecule has 0 radical (unpaired) electrons. The molecule has 1 amide bonds. The molecule has 19 heavy (non-hydrogen) atoms. The molecule has 0 saturated carbocycles. The third-order valence-corrected chi connectivity index (χ3v) is 3.57. The predicted molar refractivity (Wildman–Crippen MR) is 79.8 cm³/mol. The highest BCUT2D eigenvalue weighted by Crippen LogP contribution is 2.20. The molecule has 2 heteroatoms. The van der Waals surface area contributed by atoms with E-state index < -0.39 is 0 Å². The Hall–Kier alpha value is -2.09. The van der Waals surface area contributed by atoms with Crippen molar-refractivity contribution in [2.75, 3.05) is 5.32 Å². The second-order valence-electron chi connectivity index (χ2n) is 5.00. The first kappa shape index (κ1) is 13.3. The summed E-state index contributed by atoms with van der Waals surface area (Å²) in [5.41, 5.74) is 6.22. The number of benzene rings is 2. The minimum Gasteiger partial charge on any atom is -0.322 e. The normalized spacial score (nSPS) is 10.3. The minimum absolute atomic E-state index is 0.0549. The molecule has 0 bridgehead atoms. The minimum atomic E-state index is -0.0549. The lowest BCUT2D eigenvalue weighted by Gasteiger charge is -2.11. The van der Waals surface area contributed by atoms with E-state index in [-0.39, 0.29) is 5.91 Å². The highest BCUT2D eigenvalue weighted by Gasteiger charge is 2.09. The third kappa shape index (κ3) is 2.84. The molecule has 98 valence electrons. The Morgan fingerprint density at radius 3 is 2.05 bits per heavy atom. The molecule has 1 N–H and O–H groups in total. The summed E-state index contributed by atoms with van der Waals surface area (Å²) in [5, 5.41) is 2.97. The highest BCUT2D eigenvalue weighted by atomic mass is 16.1. The van der Waals surface area contributed by atoms with Crippen LogP contribution in [0.15, 0.2) is 36.4 Å². The molecular weight excluding hydrogens is 234 g/mol. The van der Waals surface area contributed by atoms with Crippen molar-refractivity contribution in [1.29, 1.82) is 0 Å². The van der Waals surface area contributed by atoms with Gasteiger partial charge in [-0.3, -0.25) is 4.79 Å². The lowest BCUT2D eigenvalue weighted by atomic mass is 10.0. The molecule has 0 aliphatic heterocycles. The van der Waals surface area contributed by atoms with Gasteiger partial charge in [-0.2, -0.15) is 0 Å². The van der Waals surface area contributed by atoms with Gasteiger partial charge in [-0.1, -0.05) is 18.2 Å². The fourth-order valence-corrected chi connectivity index (χ4v) is 2.13. The van der Waals surface area contributed by atoms with Gasteiger partial charge in [0.05, 0.1) is 0 Å². The van der Waals surface area contributed by atoms with Gasteiger partial charge < -0.3 is 5.32 Å². The standard InChI is InChI=1S/C17H19NO/c1-11-7-5-6-8-16(11)17(19)18-15-9-12(2)14(4)13(3)10-15/h5-10H,1-4H3,(H,18,19). The quantitative estimate of drug-likeness (QED) is 0.855. The van der Waals surface area contributed by atoms with Crippen molar-refractivity contribution in [3.63, 3.8) is 0 Å². The number of aryl methyl sites for hydroxylation is 3. The Morgan fingerprint density at radius 1 is 0.895 bits per heavy atom. The molecule has 0 fully saturated rings. The number of carbonyl (C=O) groups excluding carboxylic acids is 1. The number of anilines is 1. The van der Waals surface area contributed by atoms with Crippen LogP contribution in [0.1, 0.15) is 32.6 Å². The van der Waals surface area contributed by atoms with Crippen molar-refractivity contribution in [1.82, 2.24) is 0 Å². The van der Waals surface area contributed by atoms with Crippen LogP contribution in [0.5, 0.6) is 0 Å². The maximum Gasteiger partial charge on any atom is 0.255 e. The molecule has 0 aromatic heterocycles. The van der Waals surface area contributed by atoms with Crippen LogP contribution >= 0.6 is 0 Å². The Labute approximate surface area is 114 Å². The van der Waals surface area contributed by atoms with Crippen LogP contribution in [-0.4, -0.2) is 5.91 Å². The largest absolute Gasteiger partial charge is 0.322 e. The number of rotatable bonds is 2. The molecule has 0 aliphatic rings. The molecule has 0 saturated heterocycles. The maximum atomic E-state index is 12.2. The second kappa shape index (κ2) is 5.27. The van der Waals surface area contributed by atoms with E-state index in [1.54, 1.807) is 0 Å². The molecule has 2 aromatic carbocycles. The Balaban J connectivity index is 2.27. The third-order valence-electron chi connectivity index (χ3n) is 3.57. The predicted octanol–water partition coefficient (Wildman–Crippen LogP) is 4.17. The molecule has 0 atom stereocenters. The molecule has 0 spiro atoms. The summed E-state index contributed by atoms with van der Waals surface area (Å²) in [6.45, 7) is 8.16. The zero-order chi connectivity index (χ0) is 14.0. The molecule has 2 rings (SSSR count). The van der Waals surface area contributed by atoms with Crippen LogP contribution < -0.4 is 5.32 Å². The van der Waals surface area contributed by atoms with Crippen LogP contribution in [0.2, 0.25) is 0 Å². The van der Waals surface area contributed by atoms with Crippen molar-refractivity contribution < 1.29 is 4.79 Å². The van der Waals surface area contributed by atoms with Crippen LogP contribution in [0.3, 0.4) is 0 Å². The van der Waals surface area contributed by atoms with E-state index >= 15 is 0 Å². The molecular formula is C17H19NO. The average molecular weight is 253 g/mol. The van der Waals surface area contributed by atoms with Crippen molar-refractivity contribution >= 4 is 11.6 Å². The van der Waals surface area contributed by atoms with E-state index in [1.165, 1.54) is 16.7 Å². The van der Waals surface area contributed by atoms with E-state index in [9.17, 15) is 4.79 Å². The van der Waals surface area contributed by atoms with E-state index in [0.717, 1.165) is 16.8 Å². The van der Waals surface area contributed by atoms with Gasteiger partial charge in [0.25, 0.3) is 5.91 Å². The zero-order valence-electron chi connectivity index (χ0n) is 11.9. The van der Waals surface area contributed by atoms with Gasteiger partial charge in [-0.25, -0.2) is 0 Å². The van der Waals surface area contributed by atoms with Crippen LogP contribution in [0.25, 0.3) is 0 Å². The monoisotopic (exact) mass is 253 g/mol. The first-order chi connectivity index (χ1) is 8.99. The second-order valence-corrected chi connectivity index (χ2v) is 5.00. The van der Waals surface area contributed by atoms with Crippen LogP contribution in [0.4, 0.5) is 5.69 Å². The van der Waals surface area contributed by atoms with Gasteiger partial charge in [-0.15, -0.1) is 0 Å². The average Bonchev–Trinajstić information content (AvgIpc) is 2.36. The van der Waals surface area contributed by atoms with Gasteiger partial charge in [0, 0.05) is 11.3 Å². The fraction of sp³-hybridized carbons (Fsp3) is 0.235. The van der Waals surface area contributed by atoms with Crippen molar-refractivity contribution in [3.05, 3.63) is 64.2 Å². The fourth-order valence-electron chi connectivity index (χ4n) is 2.13. The SMILES string of the molecule is Cc1ccccc1C(=O)Nc1cc(C)c(C)c(C)c1. The highest BCUT2D eigenvalue weighted by molar-refractivity contribution is 6.05. The number of hydrogen-bond donors (Lipinski definition) is 1. The van der Waals surface area contributed by atoms with E-state index in [4.69, 9.17) is 0 Å². The zero-order valence-corrected chi connectivity index (χ0v) is 11.9. The lowest BCUT2D eigenvalue weighted by molar-refractivity contribution is 0.102. The van der Waals surface area contributed by atoms with Crippen LogP contribution in [0, 0.1) is 27.7 Å². The first-order valence-corrected chi connectivity index (χ1v) is 6.44. The van der Waals surface area contributed by atoms with Gasteiger partial charge in [0.15, 0.2) is 0 Å². The molecule has 2 aromatic rings. The Bertz CT molecular complexity index is 606. The van der Waals surface area contributed by atoms with E-state index in [1.807, 2.05) is 43.3 Å². The summed E-state index contributed by atoms with van der Waals surface area (Å²) in [6, 6.07) is 11.6. The Kier molecular flexibility index (Phi) is 3.70. The number of nitrogens with one attached hydrogen (secondary N) is 1. The van der Waals surface area contributed by atoms with Gasteiger partial charge in [-0.05, 0) is 68.1 Å². The molecule has 0 aliphatic carbocycles. The van der Waals surface area contributed by atoms with Crippen molar-refractivity contribution in [2.24, 2.45) is 0 Å². The van der Waals surface area contributed by atoms with Crippen LogP contribution in [-0.2, 0) is 0 Å². The van der Waals surface area contributed by atoms with Gasteiger partial charge in [0.2, 0.25) is 0 Å². The van der Waals surface area contributed by atoms with Gasteiger partial charge >= 0.3 is 0 Å². The smallest absolute Gasteiger partial charge is 0.255 e. The molecule has 0 heterocycles. The summed E-state index contributed by atoms with van der Waals surface area (Å²) < 4.78 is 0. The van der Waals surface area contributed by atoms with E-state index in [0.29, 0.717) is 0 Å². The number of amides is 1. The van der Waals surface area contributed by atoms with E-state index in [2.05, 4.69) is 26.1 Å². The lowest BCUT2D eigenvalue weighted by Crippen LogP contribution is -2.13. The molecule has 2 nitrogen and oxygen atoms in total. The first-order valence-electron chi connectivity index (χ1n) is 6.44. The topological polar surface area (TPSA) is 29.1 Å². The molecule has 0 unspecified atom stereocenters. The summed E-state index contributed by atoms with van der Waals surface area (Å²) in [6.07, 6.45) is 0. The summed E-state index contributed by atoms with van der Waals surface area (Å²) in [4.78, 5) is 12.2. The maximum absolute atomic E-state index is 12.2. The summed E-state index contributed by atoms with van der Waals surface area (Å²) in [7, 11) is 0. The summed E-state index contributed by atoms with van der Waals surface area (Å²) >= 11 is 0. The number of carbonyl (C=O) groups is 1. The van der Waals surface area contributed by atoms with Crippen molar-refractivity contribution in [3.8, 4) is 0 Å². The summed E-state index contributed by atoms with van der Waals surface area (Å²) in [5.74, 6) is -0.0549. The Morgan fingerprint density at radius 2 is 1.47 bits per heavy atom. The van der Waals surface area contributed by atoms with Crippen molar-refractivity contribution in [2.45, 2.75) is 27.7 Å². The van der Waals surface area contributed by atoms with Gasteiger partial charge in [0.1, 0.15) is 0 Å². The number of hydrogen-bond acceptors (Lipinski definition) is 1.